The lowest BCUT2D eigenvalue weighted by atomic mass is 10.1. The van der Waals surface area contributed by atoms with Gasteiger partial charge in [-0.1, -0.05) is 30.3 Å². The number of hydrogen-bond donors (Lipinski definition) is 1. The highest BCUT2D eigenvalue weighted by Gasteiger charge is 2.33. The van der Waals surface area contributed by atoms with Crippen molar-refractivity contribution in [2.45, 2.75) is 18.9 Å². The fourth-order valence-corrected chi connectivity index (χ4v) is 2.65. The first-order valence-electron chi connectivity index (χ1n) is 5.07. The van der Waals surface area contributed by atoms with E-state index in [4.69, 9.17) is 8.85 Å². The third-order valence-electron chi connectivity index (χ3n) is 2.44. The number of aryl methyl sites for hydroxylation is 1. The third-order valence-corrected chi connectivity index (χ3v) is 4.70. The Bertz CT molecular complexity index is 272. The highest BCUT2D eigenvalue weighted by Crippen LogP contribution is 2.13. The maximum Gasteiger partial charge on any atom is 0.497 e. The Balaban J connectivity index is 2.33. The molecule has 0 amide bonds. The van der Waals surface area contributed by atoms with Crippen LogP contribution >= 0.6 is 0 Å². The molecule has 0 bridgehead atoms. The minimum absolute atomic E-state index is 0.606. The maximum absolute atomic E-state index is 9.80. The highest BCUT2D eigenvalue weighted by molar-refractivity contribution is 6.59. The molecule has 0 aliphatic rings. The summed E-state index contributed by atoms with van der Waals surface area (Å²) in [5, 5.41) is 0. The lowest BCUT2D eigenvalue weighted by molar-refractivity contribution is 0.150. The lowest BCUT2D eigenvalue weighted by Crippen LogP contribution is -2.40. The Kier molecular flexibility index (Phi) is 4.97. The van der Waals surface area contributed by atoms with Crippen LogP contribution in [0.1, 0.15) is 12.0 Å². The maximum atomic E-state index is 9.80. The summed E-state index contributed by atoms with van der Waals surface area (Å²) in [4.78, 5) is 9.80. The van der Waals surface area contributed by atoms with Crippen molar-refractivity contribution < 1.29 is 13.6 Å². The van der Waals surface area contributed by atoms with Gasteiger partial charge in [0.25, 0.3) is 0 Å². The smallest absolute Gasteiger partial charge is 0.390 e. The van der Waals surface area contributed by atoms with E-state index >= 15 is 0 Å². The van der Waals surface area contributed by atoms with Crippen molar-refractivity contribution in [2.24, 2.45) is 0 Å². The topological polar surface area (TPSA) is 38.7 Å². The molecule has 0 atom stereocenters. The van der Waals surface area contributed by atoms with Crippen LogP contribution in [0.3, 0.4) is 0 Å². The van der Waals surface area contributed by atoms with Crippen LogP contribution in [0, 0.1) is 0 Å². The molecule has 1 N–H and O–H groups in total. The van der Waals surface area contributed by atoms with E-state index in [0.717, 1.165) is 12.8 Å². The van der Waals surface area contributed by atoms with Crippen molar-refractivity contribution in [3.05, 3.63) is 35.9 Å². The van der Waals surface area contributed by atoms with Crippen LogP contribution in [0.5, 0.6) is 0 Å². The van der Waals surface area contributed by atoms with Crippen LogP contribution in [0.25, 0.3) is 0 Å². The molecule has 3 nitrogen and oxygen atoms in total. The van der Waals surface area contributed by atoms with Crippen molar-refractivity contribution in [1.29, 1.82) is 0 Å². The van der Waals surface area contributed by atoms with Gasteiger partial charge in [0.2, 0.25) is 0 Å². The molecule has 15 heavy (non-hydrogen) atoms. The standard InChI is InChI=1S/C11H18O3Si/c1-13-15(12,14-2)10-6-9-11-7-4-3-5-8-11/h3-5,7-8,12H,6,9-10H2,1-2H3. The van der Waals surface area contributed by atoms with Gasteiger partial charge in [-0.3, -0.25) is 0 Å². The molecule has 0 aromatic heterocycles. The SMILES string of the molecule is CO[Si](O)(CCCc1ccccc1)OC. The zero-order valence-corrected chi connectivity index (χ0v) is 10.3. The first kappa shape index (κ1) is 12.4. The van der Waals surface area contributed by atoms with Crippen LogP contribution in [0.2, 0.25) is 6.04 Å². The van der Waals surface area contributed by atoms with Crippen LogP contribution in [0.4, 0.5) is 0 Å². The zero-order chi connectivity index (χ0) is 11.1. The monoisotopic (exact) mass is 226 g/mol. The van der Waals surface area contributed by atoms with Gasteiger partial charge in [-0.25, -0.2) is 0 Å². The largest absolute Gasteiger partial charge is 0.497 e. The van der Waals surface area contributed by atoms with Crippen molar-refractivity contribution in [3.8, 4) is 0 Å². The average molecular weight is 226 g/mol. The van der Waals surface area contributed by atoms with Gasteiger partial charge in [0.05, 0.1) is 0 Å². The molecule has 0 radical (unpaired) electrons. The Hall–Kier alpha value is -0.683. The van der Waals surface area contributed by atoms with Gasteiger partial charge in [-0.05, 0) is 18.4 Å². The van der Waals surface area contributed by atoms with E-state index in [-0.39, 0.29) is 0 Å². The number of rotatable bonds is 6. The minimum Gasteiger partial charge on any atom is -0.390 e. The molecular weight excluding hydrogens is 208 g/mol. The second kappa shape index (κ2) is 6.02. The molecule has 1 aromatic carbocycles. The Labute approximate surface area is 92.0 Å². The Morgan fingerprint density at radius 3 is 2.27 bits per heavy atom. The van der Waals surface area contributed by atoms with E-state index in [1.165, 1.54) is 19.8 Å². The van der Waals surface area contributed by atoms with Gasteiger partial charge in [0, 0.05) is 20.3 Å². The van der Waals surface area contributed by atoms with Crippen LogP contribution in [0.15, 0.2) is 30.3 Å². The van der Waals surface area contributed by atoms with Gasteiger partial charge < -0.3 is 13.6 Å². The Morgan fingerprint density at radius 1 is 1.13 bits per heavy atom. The predicted octanol–water partition coefficient (Wildman–Crippen LogP) is 1.84. The molecule has 84 valence electrons. The van der Waals surface area contributed by atoms with Gasteiger partial charge in [-0.2, -0.15) is 0 Å². The molecule has 0 saturated heterocycles. The van der Waals surface area contributed by atoms with E-state index in [1.807, 2.05) is 18.2 Å². The molecular formula is C11H18O3Si. The van der Waals surface area contributed by atoms with Gasteiger partial charge in [-0.15, -0.1) is 0 Å². The van der Waals surface area contributed by atoms with Crippen molar-refractivity contribution in [1.82, 2.24) is 0 Å². The first-order chi connectivity index (χ1) is 7.20. The fourth-order valence-electron chi connectivity index (χ4n) is 1.45. The van der Waals surface area contributed by atoms with Gasteiger partial charge >= 0.3 is 8.80 Å². The summed E-state index contributed by atoms with van der Waals surface area (Å²) in [7, 11) is 0.145. The first-order valence-corrected chi connectivity index (χ1v) is 7.04. The number of hydrogen-bond acceptors (Lipinski definition) is 3. The second-order valence-corrected chi connectivity index (χ2v) is 6.20. The van der Waals surface area contributed by atoms with Crippen LogP contribution in [-0.2, 0) is 15.3 Å². The van der Waals surface area contributed by atoms with E-state index in [1.54, 1.807) is 0 Å². The predicted molar refractivity (Wildman–Crippen MR) is 61.6 cm³/mol. The van der Waals surface area contributed by atoms with Gasteiger partial charge in [0.15, 0.2) is 0 Å². The molecule has 0 aliphatic heterocycles. The summed E-state index contributed by atoms with van der Waals surface area (Å²) >= 11 is 0. The Morgan fingerprint density at radius 2 is 1.73 bits per heavy atom. The summed E-state index contributed by atoms with van der Waals surface area (Å²) < 4.78 is 9.99. The highest BCUT2D eigenvalue weighted by atomic mass is 28.4. The molecule has 4 heteroatoms. The van der Waals surface area contributed by atoms with E-state index < -0.39 is 8.80 Å². The van der Waals surface area contributed by atoms with Crippen molar-refractivity contribution >= 4 is 8.80 Å². The molecule has 0 fully saturated rings. The fraction of sp³-hybridized carbons (Fsp3) is 0.455. The summed E-state index contributed by atoms with van der Waals surface area (Å²) in [6.07, 6.45) is 1.83. The average Bonchev–Trinajstić information content (AvgIpc) is 2.30. The van der Waals surface area contributed by atoms with Crippen molar-refractivity contribution in [3.63, 3.8) is 0 Å². The quantitative estimate of drug-likeness (QED) is 0.752. The summed E-state index contributed by atoms with van der Waals surface area (Å²) in [5.74, 6) is 0. The molecule has 1 aromatic rings. The lowest BCUT2D eigenvalue weighted by Gasteiger charge is -2.19. The number of benzene rings is 1. The van der Waals surface area contributed by atoms with Crippen molar-refractivity contribution in [2.75, 3.05) is 14.2 Å². The zero-order valence-electron chi connectivity index (χ0n) is 9.27. The second-order valence-electron chi connectivity index (χ2n) is 3.46. The molecule has 0 spiro atoms. The molecule has 0 unspecified atom stereocenters. The molecule has 0 aliphatic carbocycles. The summed E-state index contributed by atoms with van der Waals surface area (Å²) in [6.45, 7) is 0. The van der Waals surface area contributed by atoms with E-state index in [2.05, 4.69) is 12.1 Å². The molecule has 1 rings (SSSR count). The van der Waals surface area contributed by atoms with E-state index in [9.17, 15) is 4.80 Å². The third kappa shape index (κ3) is 4.13. The van der Waals surface area contributed by atoms with E-state index in [0.29, 0.717) is 6.04 Å². The van der Waals surface area contributed by atoms with Crippen LogP contribution in [-0.4, -0.2) is 27.8 Å². The van der Waals surface area contributed by atoms with Gasteiger partial charge in [0.1, 0.15) is 0 Å². The minimum atomic E-state index is -2.85. The normalized spacial score (nSPS) is 11.7. The summed E-state index contributed by atoms with van der Waals surface area (Å²) in [6, 6.07) is 10.8. The summed E-state index contributed by atoms with van der Waals surface area (Å²) in [5.41, 5.74) is 1.28. The molecule has 0 heterocycles. The van der Waals surface area contributed by atoms with Crippen LogP contribution < -0.4 is 0 Å². The molecule has 0 saturated carbocycles.